The third kappa shape index (κ3) is 3.37. The van der Waals surface area contributed by atoms with E-state index in [4.69, 9.17) is 0 Å². The average molecular weight is 540 g/mol. The van der Waals surface area contributed by atoms with Gasteiger partial charge in [0, 0.05) is 0 Å². The van der Waals surface area contributed by atoms with E-state index in [1.807, 2.05) is 11.1 Å². The molecular formula is C32H36SiZr. The molecule has 6 aliphatic carbocycles. The molecule has 2 aromatic carbocycles. The molecule has 2 unspecified atom stereocenters. The van der Waals surface area contributed by atoms with Crippen molar-refractivity contribution in [2.24, 2.45) is 11.8 Å². The van der Waals surface area contributed by atoms with Gasteiger partial charge >= 0.3 is 214 Å². The molecule has 0 N–H and O–H groups in total. The second-order valence-corrected chi connectivity index (χ2v) is 30.3. The molecule has 0 radical (unpaired) electrons. The van der Waals surface area contributed by atoms with Gasteiger partial charge in [-0.3, -0.25) is 0 Å². The first-order chi connectivity index (χ1) is 16.7. The number of fused-ring (bicyclic) bond motifs is 2. The fraction of sp³-hybridized carbons (Fsp3) is 0.500. The van der Waals surface area contributed by atoms with E-state index < -0.39 is 20.4 Å². The molecule has 0 bridgehead atoms. The van der Waals surface area contributed by atoms with E-state index in [0.29, 0.717) is 0 Å². The van der Waals surface area contributed by atoms with Crippen molar-refractivity contribution in [3.63, 3.8) is 0 Å². The molecule has 0 spiro atoms. The van der Waals surface area contributed by atoms with E-state index in [-0.39, 0.29) is 5.43 Å². The molecule has 0 aromatic heterocycles. The fourth-order valence-corrected chi connectivity index (χ4v) is 27.9. The van der Waals surface area contributed by atoms with Crippen molar-refractivity contribution in [2.45, 2.75) is 83.5 Å². The number of hydrogen-bond acceptors (Lipinski definition) is 0. The molecule has 2 heteroatoms. The Hall–Kier alpha value is -0.980. The van der Waals surface area contributed by atoms with E-state index in [1.165, 1.54) is 51.4 Å². The van der Waals surface area contributed by atoms with Crippen LogP contribution in [0.3, 0.4) is 0 Å². The summed E-state index contributed by atoms with van der Waals surface area (Å²) in [5.41, 5.74) is 14.0. The van der Waals surface area contributed by atoms with Crippen LogP contribution in [0.1, 0.15) is 104 Å². The van der Waals surface area contributed by atoms with Crippen molar-refractivity contribution < 1.29 is 20.4 Å². The Morgan fingerprint density at radius 2 is 0.941 bits per heavy atom. The molecule has 172 valence electrons. The van der Waals surface area contributed by atoms with Crippen molar-refractivity contribution in [1.29, 1.82) is 0 Å². The van der Waals surface area contributed by atoms with E-state index in [0.717, 1.165) is 30.9 Å². The summed E-state index contributed by atoms with van der Waals surface area (Å²) in [5.74, 6) is 3.54. The Morgan fingerprint density at radius 1 is 0.559 bits per heavy atom. The van der Waals surface area contributed by atoms with Crippen molar-refractivity contribution >= 4 is 17.6 Å². The van der Waals surface area contributed by atoms with Gasteiger partial charge in [-0.25, -0.2) is 0 Å². The predicted octanol–water partition coefficient (Wildman–Crippen LogP) is 8.71. The van der Waals surface area contributed by atoms with Crippen molar-refractivity contribution in [3.05, 3.63) is 80.9 Å². The zero-order chi connectivity index (χ0) is 22.6. The molecule has 0 heterocycles. The number of hydrogen-bond donors (Lipinski definition) is 0. The number of benzene rings is 2. The average Bonchev–Trinajstić information content (AvgIpc) is 3.68. The van der Waals surface area contributed by atoms with Crippen LogP contribution in [0, 0.1) is 11.8 Å². The van der Waals surface area contributed by atoms with Crippen LogP contribution in [0.5, 0.6) is 0 Å². The quantitative estimate of drug-likeness (QED) is 0.322. The maximum absolute atomic E-state index is 2.77. The molecular weight excluding hydrogens is 504 g/mol. The minimum absolute atomic E-state index is 0.317. The summed E-state index contributed by atoms with van der Waals surface area (Å²) in [6, 6.07) is 15.0. The molecule has 2 atom stereocenters. The molecule has 4 fully saturated rings. The van der Waals surface area contributed by atoms with Crippen LogP contribution in [-0.2, 0) is 20.4 Å². The Balaban J connectivity index is 1.31. The molecule has 0 saturated heterocycles. The Labute approximate surface area is 213 Å². The summed E-state index contributed by atoms with van der Waals surface area (Å²) in [5, 5.41) is 0. The van der Waals surface area contributed by atoms with Crippen LogP contribution in [-0.4, -0.2) is 5.43 Å². The van der Waals surface area contributed by atoms with Crippen LogP contribution in [0.15, 0.2) is 47.5 Å². The van der Waals surface area contributed by atoms with Gasteiger partial charge in [0.05, 0.1) is 0 Å². The van der Waals surface area contributed by atoms with Crippen molar-refractivity contribution in [1.82, 2.24) is 0 Å². The first kappa shape index (κ1) is 21.1. The van der Waals surface area contributed by atoms with Gasteiger partial charge in [0.15, 0.2) is 0 Å². The summed E-state index contributed by atoms with van der Waals surface area (Å²) >= 11 is -1.92. The van der Waals surface area contributed by atoms with E-state index in [1.54, 1.807) is 33.4 Å². The zero-order valence-corrected chi connectivity index (χ0v) is 24.2. The molecule has 34 heavy (non-hydrogen) atoms. The monoisotopic (exact) mass is 538 g/mol. The molecule has 0 amide bonds. The summed E-state index contributed by atoms with van der Waals surface area (Å²) in [7, 11) is 0. The van der Waals surface area contributed by atoms with Gasteiger partial charge in [0.25, 0.3) is 0 Å². The Kier molecular flexibility index (Phi) is 4.82. The van der Waals surface area contributed by atoms with Gasteiger partial charge in [0.1, 0.15) is 0 Å². The molecule has 2 aromatic rings. The first-order valence-electron chi connectivity index (χ1n) is 14.0. The number of rotatable bonds is 6. The van der Waals surface area contributed by atoms with E-state index in [2.05, 4.69) is 61.6 Å². The van der Waals surface area contributed by atoms with Crippen LogP contribution < -0.4 is 0 Å². The third-order valence-electron chi connectivity index (χ3n) is 9.59. The fourth-order valence-electron chi connectivity index (χ4n) is 7.38. The van der Waals surface area contributed by atoms with Crippen LogP contribution in [0.25, 0.3) is 12.2 Å². The third-order valence-corrected chi connectivity index (χ3v) is 28.9. The standard InChI is InChI=1S/2C15H15.C2H6Si.Zr/c2*1-2-12-8-13(10-4-5-10)9-15(12)14(3-1)11-6-7-11;1-3-2;/h2*1-3,8-11H,4-7H2;1-2H3;. The zero-order valence-electron chi connectivity index (χ0n) is 20.7. The Bertz CT molecular complexity index is 1210. The SMILES string of the molecule is C[Si](C)=[Zr]([CH]1C(C2CC2)=Cc2c(C3CC3)cccc21)[CH]1C(C2CC2)=Cc2c(C3CC3)cccc21. The predicted molar refractivity (Wildman–Crippen MR) is 141 cm³/mol. The molecule has 6 aliphatic rings. The maximum atomic E-state index is 2.77. The molecule has 8 rings (SSSR count). The summed E-state index contributed by atoms with van der Waals surface area (Å²) in [6.45, 7) is 5.44. The first-order valence-corrected chi connectivity index (χ1v) is 23.1. The van der Waals surface area contributed by atoms with Crippen LogP contribution in [0.4, 0.5) is 0 Å². The minimum atomic E-state index is -1.92. The van der Waals surface area contributed by atoms with Gasteiger partial charge in [-0.15, -0.1) is 0 Å². The molecule has 0 aliphatic heterocycles. The molecule has 4 saturated carbocycles. The topological polar surface area (TPSA) is 0 Å². The second-order valence-electron chi connectivity index (χ2n) is 12.4. The van der Waals surface area contributed by atoms with Crippen LogP contribution in [0.2, 0.25) is 13.1 Å². The van der Waals surface area contributed by atoms with Crippen molar-refractivity contribution in [2.75, 3.05) is 0 Å². The normalized spacial score (nSPS) is 27.2. The van der Waals surface area contributed by atoms with E-state index in [9.17, 15) is 0 Å². The van der Waals surface area contributed by atoms with Gasteiger partial charge in [-0.1, -0.05) is 0 Å². The van der Waals surface area contributed by atoms with Crippen LogP contribution >= 0.6 is 0 Å². The summed E-state index contributed by atoms with van der Waals surface area (Å²) < 4.78 is 1.71. The summed E-state index contributed by atoms with van der Waals surface area (Å²) in [6.07, 6.45) is 17.1. The van der Waals surface area contributed by atoms with E-state index >= 15 is 0 Å². The number of allylic oxidation sites excluding steroid dienone is 2. The van der Waals surface area contributed by atoms with Gasteiger partial charge in [-0.05, 0) is 0 Å². The second kappa shape index (κ2) is 7.76. The molecule has 0 nitrogen and oxygen atoms in total. The van der Waals surface area contributed by atoms with Gasteiger partial charge < -0.3 is 0 Å². The van der Waals surface area contributed by atoms with Crippen molar-refractivity contribution in [3.8, 4) is 0 Å². The van der Waals surface area contributed by atoms with Gasteiger partial charge in [-0.2, -0.15) is 0 Å². The summed E-state index contributed by atoms with van der Waals surface area (Å²) in [4.78, 5) is 0. The van der Waals surface area contributed by atoms with Gasteiger partial charge in [0.2, 0.25) is 0 Å². The Morgan fingerprint density at radius 3 is 1.29 bits per heavy atom.